The molecule has 0 unspecified atom stereocenters. The summed E-state index contributed by atoms with van der Waals surface area (Å²) in [5.41, 5.74) is 2.20. The Labute approximate surface area is 96.2 Å². The Morgan fingerprint density at radius 2 is 2.00 bits per heavy atom. The molecule has 0 atom stereocenters. The van der Waals surface area contributed by atoms with E-state index in [1.165, 1.54) is 5.56 Å². The van der Waals surface area contributed by atoms with E-state index < -0.39 is 0 Å². The molecular formula is C13H18N2O. The van der Waals surface area contributed by atoms with Gasteiger partial charge in [0.1, 0.15) is 0 Å². The Morgan fingerprint density at radius 1 is 1.31 bits per heavy atom. The zero-order valence-corrected chi connectivity index (χ0v) is 9.62. The van der Waals surface area contributed by atoms with Crippen molar-refractivity contribution in [1.29, 1.82) is 0 Å². The number of rotatable bonds is 5. The molecular weight excluding hydrogens is 200 g/mol. The van der Waals surface area contributed by atoms with Crippen LogP contribution < -0.4 is 10.6 Å². The van der Waals surface area contributed by atoms with E-state index in [2.05, 4.69) is 22.8 Å². The van der Waals surface area contributed by atoms with Crippen molar-refractivity contribution < 1.29 is 4.79 Å². The average molecular weight is 218 g/mol. The molecule has 1 amide bonds. The number of amides is 1. The minimum Gasteiger partial charge on any atom is -0.326 e. The van der Waals surface area contributed by atoms with Gasteiger partial charge in [-0.05, 0) is 50.6 Å². The van der Waals surface area contributed by atoms with Crippen LogP contribution in [0.15, 0.2) is 24.3 Å². The Morgan fingerprint density at radius 3 is 2.56 bits per heavy atom. The Bertz CT molecular complexity index is 355. The first-order valence-corrected chi connectivity index (χ1v) is 5.84. The Hall–Kier alpha value is -1.35. The minimum absolute atomic E-state index is 0.169. The molecule has 1 aliphatic carbocycles. The number of anilines is 1. The predicted molar refractivity (Wildman–Crippen MR) is 65.4 cm³/mol. The molecule has 86 valence electrons. The van der Waals surface area contributed by atoms with Gasteiger partial charge in [0, 0.05) is 11.6 Å². The fourth-order valence-corrected chi connectivity index (χ4v) is 1.61. The highest BCUT2D eigenvalue weighted by Gasteiger charge is 2.29. The zero-order valence-electron chi connectivity index (χ0n) is 9.62. The summed E-state index contributed by atoms with van der Waals surface area (Å²) in [6.45, 7) is 0.980. The molecule has 16 heavy (non-hydrogen) atoms. The summed E-state index contributed by atoms with van der Waals surface area (Å²) < 4.78 is 0. The average Bonchev–Trinajstić information content (AvgIpc) is 3.12. The predicted octanol–water partition coefficient (Wildman–Crippen LogP) is 1.80. The van der Waals surface area contributed by atoms with Crippen LogP contribution in [0.1, 0.15) is 18.4 Å². The third-order valence-electron chi connectivity index (χ3n) is 2.83. The number of hydrogen-bond donors (Lipinski definition) is 2. The van der Waals surface area contributed by atoms with Crippen LogP contribution in [0, 0.1) is 5.92 Å². The van der Waals surface area contributed by atoms with Crippen LogP contribution in [0.2, 0.25) is 0 Å². The van der Waals surface area contributed by atoms with Gasteiger partial charge in [-0.15, -0.1) is 0 Å². The van der Waals surface area contributed by atoms with Gasteiger partial charge >= 0.3 is 0 Å². The molecule has 0 aliphatic heterocycles. The normalized spacial score (nSPS) is 14.8. The highest BCUT2D eigenvalue weighted by atomic mass is 16.2. The van der Waals surface area contributed by atoms with Gasteiger partial charge in [0.15, 0.2) is 0 Å². The summed E-state index contributed by atoms with van der Waals surface area (Å²) >= 11 is 0. The second-order valence-corrected chi connectivity index (χ2v) is 4.31. The number of hydrogen-bond acceptors (Lipinski definition) is 2. The van der Waals surface area contributed by atoms with Crippen LogP contribution in [0.25, 0.3) is 0 Å². The number of benzene rings is 1. The summed E-state index contributed by atoms with van der Waals surface area (Å²) in [6.07, 6.45) is 3.12. The first-order valence-electron chi connectivity index (χ1n) is 5.84. The molecule has 1 aromatic carbocycles. The lowest BCUT2D eigenvalue weighted by atomic mass is 10.1. The quantitative estimate of drug-likeness (QED) is 0.791. The fourth-order valence-electron chi connectivity index (χ4n) is 1.61. The number of carbonyl (C=O) groups is 1. The first-order chi connectivity index (χ1) is 7.79. The monoisotopic (exact) mass is 218 g/mol. The maximum atomic E-state index is 11.5. The van der Waals surface area contributed by atoms with Crippen LogP contribution >= 0.6 is 0 Å². The third-order valence-corrected chi connectivity index (χ3v) is 2.83. The highest BCUT2D eigenvalue weighted by molar-refractivity contribution is 5.93. The standard InChI is InChI=1S/C13H18N2O/c1-14-9-8-10-2-6-12(7-3-10)15-13(16)11-4-5-11/h2-3,6-7,11,14H,4-5,8-9H2,1H3,(H,15,16). The van der Waals surface area contributed by atoms with Gasteiger partial charge in [0.25, 0.3) is 0 Å². The van der Waals surface area contributed by atoms with E-state index in [1.54, 1.807) is 0 Å². The molecule has 1 aromatic rings. The van der Waals surface area contributed by atoms with Crippen LogP contribution in [0.5, 0.6) is 0 Å². The topological polar surface area (TPSA) is 41.1 Å². The summed E-state index contributed by atoms with van der Waals surface area (Å²) in [7, 11) is 1.95. The molecule has 3 heteroatoms. The van der Waals surface area contributed by atoms with Gasteiger partial charge < -0.3 is 10.6 Å². The van der Waals surface area contributed by atoms with E-state index in [0.29, 0.717) is 0 Å². The largest absolute Gasteiger partial charge is 0.326 e. The smallest absolute Gasteiger partial charge is 0.227 e. The lowest BCUT2D eigenvalue weighted by Crippen LogP contribution is -2.13. The Balaban J connectivity index is 1.88. The molecule has 0 radical (unpaired) electrons. The number of carbonyl (C=O) groups excluding carboxylic acids is 1. The second kappa shape index (κ2) is 5.12. The summed E-state index contributed by atoms with van der Waals surface area (Å²) in [6, 6.07) is 8.09. The zero-order chi connectivity index (χ0) is 11.4. The van der Waals surface area contributed by atoms with E-state index in [1.807, 2.05) is 19.2 Å². The fraction of sp³-hybridized carbons (Fsp3) is 0.462. The van der Waals surface area contributed by atoms with Crippen molar-refractivity contribution in [2.45, 2.75) is 19.3 Å². The van der Waals surface area contributed by atoms with Crippen LogP contribution in [0.3, 0.4) is 0 Å². The summed E-state index contributed by atoms with van der Waals surface area (Å²) in [4.78, 5) is 11.5. The molecule has 0 saturated heterocycles. The van der Waals surface area contributed by atoms with E-state index in [9.17, 15) is 4.79 Å². The van der Waals surface area contributed by atoms with E-state index >= 15 is 0 Å². The highest BCUT2D eigenvalue weighted by Crippen LogP contribution is 2.30. The molecule has 1 aliphatic rings. The number of nitrogens with one attached hydrogen (secondary N) is 2. The molecule has 0 spiro atoms. The number of likely N-dealkylation sites (N-methyl/N-ethyl adjacent to an activating group) is 1. The second-order valence-electron chi connectivity index (χ2n) is 4.31. The van der Waals surface area contributed by atoms with Crippen molar-refractivity contribution in [3.8, 4) is 0 Å². The van der Waals surface area contributed by atoms with Gasteiger partial charge in [0.05, 0.1) is 0 Å². The minimum atomic E-state index is 0.169. The Kier molecular flexibility index (Phi) is 3.57. The lowest BCUT2D eigenvalue weighted by molar-refractivity contribution is -0.117. The van der Waals surface area contributed by atoms with E-state index in [4.69, 9.17) is 0 Å². The molecule has 2 rings (SSSR count). The maximum Gasteiger partial charge on any atom is 0.227 e. The molecule has 0 aromatic heterocycles. The van der Waals surface area contributed by atoms with E-state index in [-0.39, 0.29) is 11.8 Å². The summed E-state index contributed by atoms with van der Waals surface area (Å²) in [5, 5.41) is 6.05. The van der Waals surface area contributed by atoms with Crippen LogP contribution in [0.4, 0.5) is 5.69 Å². The lowest BCUT2D eigenvalue weighted by Gasteiger charge is -2.05. The van der Waals surface area contributed by atoms with Gasteiger partial charge in [-0.2, -0.15) is 0 Å². The van der Waals surface area contributed by atoms with Gasteiger partial charge in [-0.25, -0.2) is 0 Å². The van der Waals surface area contributed by atoms with Crippen molar-refractivity contribution in [3.63, 3.8) is 0 Å². The van der Waals surface area contributed by atoms with E-state index in [0.717, 1.165) is 31.5 Å². The van der Waals surface area contributed by atoms with Gasteiger partial charge in [0.2, 0.25) is 5.91 Å². The first kappa shape index (κ1) is 11.1. The molecule has 2 N–H and O–H groups in total. The van der Waals surface area contributed by atoms with Crippen molar-refractivity contribution in [3.05, 3.63) is 29.8 Å². The maximum absolute atomic E-state index is 11.5. The SMILES string of the molecule is CNCCc1ccc(NC(=O)C2CC2)cc1. The van der Waals surface area contributed by atoms with Crippen molar-refractivity contribution in [2.75, 3.05) is 18.9 Å². The van der Waals surface area contributed by atoms with Gasteiger partial charge in [-0.1, -0.05) is 12.1 Å². The molecule has 0 bridgehead atoms. The third kappa shape index (κ3) is 3.07. The van der Waals surface area contributed by atoms with Crippen molar-refractivity contribution in [1.82, 2.24) is 5.32 Å². The van der Waals surface area contributed by atoms with Crippen LogP contribution in [-0.4, -0.2) is 19.5 Å². The van der Waals surface area contributed by atoms with Gasteiger partial charge in [-0.3, -0.25) is 4.79 Å². The van der Waals surface area contributed by atoms with Crippen molar-refractivity contribution >= 4 is 11.6 Å². The molecule has 3 nitrogen and oxygen atoms in total. The molecule has 1 fully saturated rings. The summed E-state index contributed by atoms with van der Waals surface area (Å²) in [5.74, 6) is 0.437. The van der Waals surface area contributed by atoms with Crippen LogP contribution in [-0.2, 0) is 11.2 Å². The molecule has 1 saturated carbocycles. The molecule has 0 heterocycles. The van der Waals surface area contributed by atoms with Crippen molar-refractivity contribution in [2.24, 2.45) is 5.92 Å².